The molecule has 0 aliphatic carbocycles. The molecule has 0 spiro atoms. The monoisotopic (exact) mass is 440 g/mol. The van der Waals surface area contributed by atoms with Crippen LogP contribution < -0.4 is 0 Å². The van der Waals surface area contributed by atoms with Crippen LogP contribution in [0, 0.1) is 0 Å². The Kier molecular flexibility index (Phi) is 7.12. The van der Waals surface area contributed by atoms with E-state index < -0.39 is 61.0 Å². The van der Waals surface area contributed by atoms with Crippen molar-refractivity contribution in [1.29, 1.82) is 0 Å². The smallest absolute Gasteiger partial charge is 0.241 e. The molecule has 0 nitrogen and oxygen atoms in total. The summed E-state index contributed by atoms with van der Waals surface area (Å²) in [5.74, 6) is -36.8. The number of halogens is 15. The van der Waals surface area contributed by atoms with E-state index >= 15 is 0 Å². The normalized spacial score (nSPS) is 17.8. The van der Waals surface area contributed by atoms with Crippen LogP contribution in [0.2, 0.25) is 0 Å². The highest BCUT2D eigenvalue weighted by Crippen LogP contribution is 2.58. The van der Waals surface area contributed by atoms with Crippen LogP contribution in [0.15, 0.2) is 0 Å². The van der Waals surface area contributed by atoms with Gasteiger partial charge in [0.2, 0.25) is 6.17 Å². The van der Waals surface area contributed by atoms with Crippen LogP contribution in [-0.4, -0.2) is 48.1 Å². The molecule has 0 radical (unpaired) electrons. The Morgan fingerprint density at radius 2 is 1.00 bits per heavy atom. The largest absolute Gasteiger partial charge is 0.460 e. The molecule has 0 saturated carbocycles. The van der Waals surface area contributed by atoms with E-state index in [4.69, 9.17) is 0 Å². The molecule has 0 heterocycles. The van der Waals surface area contributed by atoms with Gasteiger partial charge in [0, 0.05) is 0 Å². The lowest BCUT2D eigenvalue weighted by molar-refractivity contribution is -0.416. The van der Waals surface area contributed by atoms with E-state index in [9.17, 15) is 65.9 Å². The maximum Gasteiger partial charge on any atom is 0.460 e. The van der Waals surface area contributed by atoms with Crippen molar-refractivity contribution in [3.8, 4) is 0 Å². The fourth-order valence-corrected chi connectivity index (χ4v) is 1.72. The first-order valence-electron chi connectivity index (χ1n) is 6.87. The molecule has 0 bridgehead atoms. The van der Waals surface area contributed by atoms with Gasteiger partial charge < -0.3 is 0 Å². The van der Waals surface area contributed by atoms with Gasteiger partial charge in [0.25, 0.3) is 0 Å². The zero-order valence-electron chi connectivity index (χ0n) is 12.9. The SMILES string of the molecule is CCCCC(F)C(F)(F)C(F)(F)C(F)C(F)(F)C(F)(F)C(F)(F)C(F)(F)F. The van der Waals surface area contributed by atoms with Crippen LogP contribution in [0.3, 0.4) is 0 Å². The van der Waals surface area contributed by atoms with Gasteiger partial charge in [-0.25, -0.2) is 8.78 Å². The highest BCUT2D eigenvalue weighted by Gasteiger charge is 2.87. The van der Waals surface area contributed by atoms with Gasteiger partial charge in [-0.1, -0.05) is 19.8 Å². The van der Waals surface area contributed by atoms with E-state index in [-0.39, 0.29) is 6.42 Å². The average Bonchev–Trinajstić information content (AvgIpc) is 2.49. The molecule has 0 N–H and O–H groups in total. The Labute approximate surface area is 141 Å². The minimum absolute atomic E-state index is 0.104. The summed E-state index contributed by atoms with van der Waals surface area (Å²) in [6.45, 7) is 1.23. The van der Waals surface area contributed by atoms with Gasteiger partial charge in [-0.05, 0) is 6.42 Å². The van der Waals surface area contributed by atoms with E-state index in [1.54, 1.807) is 0 Å². The number of hydrogen-bond donors (Lipinski definition) is 0. The molecule has 2 unspecified atom stereocenters. The standard InChI is InChI=1S/C12H11F15/c1-2-3-4-5(13)7(15,16)8(17,18)6(14)9(19,20)10(21,22)11(23,24)12(25,26)27/h5-6H,2-4H2,1H3. The highest BCUT2D eigenvalue weighted by atomic mass is 19.4. The molecule has 0 aliphatic rings. The summed E-state index contributed by atoms with van der Waals surface area (Å²) in [7, 11) is 0. The molecule has 27 heavy (non-hydrogen) atoms. The fraction of sp³-hybridized carbons (Fsp3) is 1.00. The van der Waals surface area contributed by atoms with Crippen LogP contribution in [0.25, 0.3) is 0 Å². The van der Waals surface area contributed by atoms with Crippen LogP contribution >= 0.6 is 0 Å². The molecular formula is C12H11F15. The lowest BCUT2D eigenvalue weighted by Crippen LogP contribution is -2.69. The molecule has 0 aromatic rings. The summed E-state index contributed by atoms with van der Waals surface area (Å²) >= 11 is 0. The minimum Gasteiger partial charge on any atom is -0.241 e. The highest BCUT2D eigenvalue weighted by molar-refractivity contribution is 5.10. The molecule has 0 amide bonds. The molecule has 164 valence electrons. The third-order valence-corrected chi connectivity index (χ3v) is 3.45. The van der Waals surface area contributed by atoms with Crippen molar-refractivity contribution in [3.05, 3.63) is 0 Å². The van der Waals surface area contributed by atoms with Crippen molar-refractivity contribution >= 4 is 0 Å². The molecule has 0 saturated heterocycles. The van der Waals surface area contributed by atoms with Gasteiger partial charge in [0.15, 0.2) is 6.17 Å². The van der Waals surface area contributed by atoms with Crippen LogP contribution in [0.1, 0.15) is 26.2 Å². The van der Waals surface area contributed by atoms with Crippen LogP contribution in [-0.2, 0) is 0 Å². The summed E-state index contributed by atoms with van der Waals surface area (Å²) in [5, 5.41) is 0. The molecule has 0 aliphatic heterocycles. The zero-order valence-corrected chi connectivity index (χ0v) is 12.9. The number of rotatable bonds is 9. The number of alkyl halides is 15. The quantitative estimate of drug-likeness (QED) is 0.355. The Morgan fingerprint density at radius 1 is 0.593 bits per heavy atom. The first-order valence-corrected chi connectivity index (χ1v) is 6.87. The lowest BCUT2D eigenvalue weighted by atomic mass is 9.90. The van der Waals surface area contributed by atoms with Crippen molar-refractivity contribution in [3.63, 3.8) is 0 Å². The molecule has 0 fully saturated rings. The van der Waals surface area contributed by atoms with Crippen molar-refractivity contribution < 1.29 is 65.9 Å². The first kappa shape index (κ1) is 26.0. The van der Waals surface area contributed by atoms with Crippen LogP contribution in [0.4, 0.5) is 65.9 Å². The van der Waals surface area contributed by atoms with E-state index in [1.165, 1.54) is 6.92 Å². The topological polar surface area (TPSA) is 0 Å². The second-order valence-electron chi connectivity index (χ2n) is 5.49. The zero-order chi connectivity index (χ0) is 22.3. The summed E-state index contributed by atoms with van der Waals surface area (Å²) in [5.41, 5.74) is 0. The fourth-order valence-electron chi connectivity index (χ4n) is 1.72. The molecule has 0 aromatic heterocycles. The van der Waals surface area contributed by atoms with Gasteiger partial charge in [-0.3, -0.25) is 0 Å². The Balaban J connectivity index is 6.07. The Hall–Kier alpha value is -1.05. The van der Waals surface area contributed by atoms with Crippen molar-refractivity contribution in [1.82, 2.24) is 0 Å². The van der Waals surface area contributed by atoms with Gasteiger partial charge in [0.05, 0.1) is 0 Å². The third-order valence-electron chi connectivity index (χ3n) is 3.45. The van der Waals surface area contributed by atoms with Crippen molar-refractivity contribution in [2.24, 2.45) is 0 Å². The third kappa shape index (κ3) is 4.05. The van der Waals surface area contributed by atoms with Gasteiger partial charge in [0.1, 0.15) is 0 Å². The Morgan fingerprint density at radius 3 is 1.33 bits per heavy atom. The summed E-state index contributed by atoms with van der Waals surface area (Å²) in [6, 6.07) is 0. The molecule has 0 aromatic carbocycles. The average molecular weight is 440 g/mol. The number of unbranched alkanes of at least 4 members (excludes halogenated alkanes) is 1. The van der Waals surface area contributed by atoms with Gasteiger partial charge in [-0.2, -0.15) is 57.1 Å². The van der Waals surface area contributed by atoms with Crippen molar-refractivity contribution in [2.75, 3.05) is 0 Å². The molecule has 15 heteroatoms. The predicted octanol–water partition coefficient (Wildman–Crippen LogP) is 6.59. The second-order valence-corrected chi connectivity index (χ2v) is 5.49. The van der Waals surface area contributed by atoms with E-state index in [1.807, 2.05) is 0 Å². The second kappa shape index (κ2) is 7.41. The van der Waals surface area contributed by atoms with Crippen LogP contribution in [0.5, 0.6) is 0 Å². The molecular weight excluding hydrogens is 429 g/mol. The maximum absolute atomic E-state index is 13.3. The predicted molar refractivity (Wildman–Crippen MR) is 60.1 cm³/mol. The first-order chi connectivity index (χ1) is 11.6. The molecule has 2 atom stereocenters. The van der Waals surface area contributed by atoms with Gasteiger partial charge >= 0.3 is 35.8 Å². The minimum atomic E-state index is -7.90. The summed E-state index contributed by atoms with van der Waals surface area (Å²) in [6.07, 6.45) is -20.0. The van der Waals surface area contributed by atoms with E-state index in [2.05, 4.69) is 0 Å². The number of hydrogen-bond acceptors (Lipinski definition) is 0. The van der Waals surface area contributed by atoms with E-state index in [0.717, 1.165) is 0 Å². The van der Waals surface area contributed by atoms with E-state index in [0.29, 0.717) is 0 Å². The summed E-state index contributed by atoms with van der Waals surface area (Å²) in [4.78, 5) is 0. The molecule has 0 rings (SSSR count). The van der Waals surface area contributed by atoms with Crippen molar-refractivity contribution in [2.45, 2.75) is 74.3 Å². The Bertz CT molecular complexity index is 492. The summed E-state index contributed by atoms with van der Waals surface area (Å²) < 4.78 is 192. The lowest BCUT2D eigenvalue weighted by Gasteiger charge is -2.39. The van der Waals surface area contributed by atoms with Gasteiger partial charge in [-0.15, -0.1) is 0 Å². The maximum atomic E-state index is 13.3.